The average Bonchev–Trinajstić information content (AvgIpc) is 3.97. The van der Waals surface area contributed by atoms with Gasteiger partial charge >= 0.3 is 0 Å². The topological polar surface area (TPSA) is 49.4 Å². The van der Waals surface area contributed by atoms with E-state index in [0.29, 0.717) is 0 Å². The second-order valence-electron chi connectivity index (χ2n) is 11.9. The van der Waals surface area contributed by atoms with Crippen LogP contribution in [0.25, 0.3) is 22.3 Å². The lowest BCUT2D eigenvalue weighted by atomic mass is 9.91. The van der Waals surface area contributed by atoms with Gasteiger partial charge in [0.25, 0.3) is 0 Å². The number of rotatable bonds is 4. The van der Waals surface area contributed by atoms with E-state index in [0.717, 1.165) is 90.2 Å². The zero-order valence-corrected chi connectivity index (χ0v) is 26.0. The summed E-state index contributed by atoms with van der Waals surface area (Å²) in [5, 5.41) is 0. The maximum atomic E-state index is 5.36. The van der Waals surface area contributed by atoms with Crippen molar-refractivity contribution < 1.29 is 0 Å². The summed E-state index contributed by atoms with van der Waals surface area (Å²) >= 11 is 0. The maximum absolute atomic E-state index is 5.36. The summed E-state index contributed by atoms with van der Waals surface area (Å²) in [4.78, 5) is 21.1. The molecule has 230 valence electrons. The molecule has 8 bridgehead atoms. The number of allylic oxidation sites excluding steroid dienone is 12. The fraction of sp³-hybridized carbons (Fsp3) is 0. The summed E-state index contributed by atoms with van der Waals surface area (Å²) in [5.41, 5.74) is 15.1. The van der Waals surface area contributed by atoms with Crippen LogP contribution in [0, 0.1) is 0 Å². The summed E-state index contributed by atoms with van der Waals surface area (Å²) in [6.07, 6.45) is 16.8. The van der Waals surface area contributed by atoms with Crippen molar-refractivity contribution in [2.75, 3.05) is 0 Å². The minimum Gasteiger partial charge on any atom is -0.248 e. The molecule has 9 rings (SSSR count). The lowest BCUT2D eigenvalue weighted by Gasteiger charge is -2.14. The number of hydrogen-bond acceptors (Lipinski definition) is 4. The molecule has 5 aliphatic heterocycles. The molecule has 0 fully saturated rings. The van der Waals surface area contributed by atoms with Crippen molar-refractivity contribution in [3.8, 4) is 0 Å². The van der Waals surface area contributed by atoms with Gasteiger partial charge in [0.15, 0.2) is 17.4 Å². The molecule has 0 aliphatic carbocycles. The van der Waals surface area contributed by atoms with Crippen LogP contribution in [0.5, 0.6) is 0 Å². The van der Waals surface area contributed by atoms with Crippen LogP contribution in [0.3, 0.4) is 0 Å². The Kier molecular flexibility index (Phi) is 7.99. The maximum Gasteiger partial charge on any atom is 0.187 e. The zero-order valence-electron chi connectivity index (χ0n) is 26.0. The minimum atomic E-state index is 0. The molecule has 5 heteroatoms. The predicted octanol–water partition coefficient (Wildman–Crippen LogP) is 8.50. The standard InChI is InChI=1S/C44H28N4.Al.3H/c1-5-13-29(14-6-1)35-28-34-27-33-21-22-36(45-33)41(30-15-7-2-8-16-30)37-23-24-38(47-37)42(31-17-9-3-10-18-31)39-25-26-40(48-39)43(44(35)46-34)32-19-11-4-12-20-32;;;;/h1-28H;;;;. The van der Waals surface area contributed by atoms with Gasteiger partial charge < -0.3 is 0 Å². The average molecular weight is 643 g/mol. The van der Waals surface area contributed by atoms with Gasteiger partial charge in [-0.1, -0.05) is 121 Å². The molecular weight excluding hydrogens is 611 g/mol. The molecule has 0 spiro atoms. The fourth-order valence-electron chi connectivity index (χ4n) is 6.64. The van der Waals surface area contributed by atoms with Crippen LogP contribution in [0.2, 0.25) is 0 Å². The van der Waals surface area contributed by atoms with Crippen LogP contribution in [0.1, 0.15) is 22.3 Å². The Hall–Kier alpha value is -5.99. The number of nitrogens with zero attached hydrogens (tertiary/aromatic N) is 4. The van der Waals surface area contributed by atoms with Crippen LogP contribution >= 0.6 is 0 Å². The largest absolute Gasteiger partial charge is 0.248 e. The van der Waals surface area contributed by atoms with Gasteiger partial charge in [-0.25, -0.2) is 20.0 Å². The molecule has 4 aromatic carbocycles. The minimum absolute atomic E-state index is 0. The van der Waals surface area contributed by atoms with Crippen LogP contribution < -0.4 is 0 Å². The Morgan fingerprint density at radius 1 is 0.347 bits per heavy atom. The van der Waals surface area contributed by atoms with Crippen molar-refractivity contribution >= 4 is 62.5 Å². The van der Waals surface area contributed by atoms with Gasteiger partial charge in [-0.3, -0.25) is 0 Å². The van der Waals surface area contributed by atoms with Crippen LogP contribution in [-0.2, 0) is 0 Å². The first-order valence-electron chi connectivity index (χ1n) is 16.1. The molecule has 0 aromatic heterocycles. The quantitative estimate of drug-likeness (QED) is 0.201. The molecule has 5 heterocycles. The van der Waals surface area contributed by atoms with Gasteiger partial charge in [-0.2, -0.15) is 0 Å². The van der Waals surface area contributed by atoms with Gasteiger partial charge in [-0.15, -0.1) is 0 Å². The summed E-state index contributed by atoms with van der Waals surface area (Å²) < 4.78 is 0. The van der Waals surface area contributed by atoms with Gasteiger partial charge in [0.2, 0.25) is 0 Å². The van der Waals surface area contributed by atoms with Crippen molar-refractivity contribution in [3.05, 3.63) is 215 Å². The molecule has 0 unspecified atom stereocenters. The molecule has 0 saturated heterocycles. The van der Waals surface area contributed by atoms with E-state index >= 15 is 0 Å². The molecule has 0 amide bonds. The zero-order chi connectivity index (χ0) is 31.9. The SMILES string of the molecule is C1=CC2=C(c3ccccc3)C3=NC(=C(c4ccccc4)C4=NC(=C(c5ccccc5)C5=NC(=CC1=N2)C=C5c1ccccc1)C=C4)C=C3.[AlH3]. The molecular formula is C44H31AlN4. The Morgan fingerprint density at radius 3 is 1.31 bits per heavy atom. The van der Waals surface area contributed by atoms with E-state index in [9.17, 15) is 0 Å². The van der Waals surface area contributed by atoms with Crippen molar-refractivity contribution in [1.29, 1.82) is 0 Å². The Balaban J connectivity index is 0.00000348. The van der Waals surface area contributed by atoms with Crippen LogP contribution in [-0.4, -0.2) is 40.2 Å². The molecule has 0 atom stereocenters. The Bertz CT molecular complexity index is 2380. The highest BCUT2D eigenvalue weighted by Crippen LogP contribution is 2.39. The molecule has 4 aromatic rings. The fourth-order valence-corrected chi connectivity index (χ4v) is 6.64. The van der Waals surface area contributed by atoms with E-state index in [-0.39, 0.29) is 17.4 Å². The highest BCUT2D eigenvalue weighted by atomic mass is 27.0. The predicted molar refractivity (Wildman–Crippen MR) is 210 cm³/mol. The highest BCUT2D eigenvalue weighted by Gasteiger charge is 2.28. The highest BCUT2D eigenvalue weighted by molar-refractivity contribution is 6.48. The monoisotopic (exact) mass is 642 g/mol. The summed E-state index contributed by atoms with van der Waals surface area (Å²) in [5.74, 6) is 0. The van der Waals surface area contributed by atoms with E-state index in [4.69, 9.17) is 20.0 Å². The second-order valence-corrected chi connectivity index (χ2v) is 11.9. The summed E-state index contributed by atoms with van der Waals surface area (Å²) in [7, 11) is 0. The normalized spacial score (nSPS) is 17.5. The van der Waals surface area contributed by atoms with Gasteiger partial charge in [-0.05, 0) is 70.9 Å². The molecule has 0 saturated carbocycles. The third kappa shape index (κ3) is 5.66. The molecule has 0 N–H and O–H groups in total. The Morgan fingerprint density at radius 2 is 0.776 bits per heavy atom. The van der Waals surface area contributed by atoms with Crippen LogP contribution in [0.4, 0.5) is 0 Å². The third-order valence-electron chi connectivity index (χ3n) is 8.82. The van der Waals surface area contributed by atoms with E-state index in [1.165, 1.54) is 0 Å². The van der Waals surface area contributed by atoms with E-state index < -0.39 is 0 Å². The molecule has 0 radical (unpaired) electrons. The molecule has 5 aliphatic rings. The van der Waals surface area contributed by atoms with Gasteiger partial charge in [0.05, 0.1) is 45.6 Å². The smallest absolute Gasteiger partial charge is 0.187 e. The third-order valence-corrected chi connectivity index (χ3v) is 8.82. The lowest BCUT2D eigenvalue weighted by molar-refractivity contribution is 1.41. The number of fused-ring (bicyclic) bond motifs is 4. The van der Waals surface area contributed by atoms with E-state index in [1.807, 2.05) is 24.3 Å². The van der Waals surface area contributed by atoms with Crippen LogP contribution in [0.15, 0.2) is 213 Å². The first kappa shape index (κ1) is 30.4. The van der Waals surface area contributed by atoms with Gasteiger partial charge in [0.1, 0.15) is 0 Å². The first-order valence-corrected chi connectivity index (χ1v) is 16.1. The van der Waals surface area contributed by atoms with Crippen molar-refractivity contribution in [2.24, 2.45) is 20.0 Å². The summed E-state index contributed by atoms with van der Waals surface area (Å²) in [6.45, 7) is 0. The van der Waals surface area contributed by atoms with E-state index in [1.54, 1.807) is 0 Å². The number of aliphatic imine (C=N–C) groups is 4. The second kappa shape index (κ2) is 12.9. The first-order chi connectivity index (χ1) is 23.8. The summed E-state index contributed by atoms with van der Waals surface area (Å²) in [6, 6.07) is 41.7. The van der Waals surface area contributed by atoms with Crippen molar-refractivity contribution in [3.63, 3.8) is 0 Å². The van der Waals surface area contributed by atoms with E-state index in [2.05, 4.69) is 146 Å². The van der Waals surface area contributed by atoms with Crippen molar-refractivity contribution in [2.45, 2.75) is 0 Å². The lowest BCUT2D eigenvalue weighted by Crippen LogP contribution is -2.06. The number of hydrogen-bond donors (Lipinski definition) is 0. The van der Waals surface area contributed by atoms with Gasteiger partial charge in [0, 0.05) is 22.3 Å². The Labute approximate surface area is 296 Å². The molecule has 49 heavy (non-hydrogen) atoms. The number of benzene rings is 4. The molecule has 4 nitrogen and oxygen atoms in total. The van der Waals surface area contributed by atoms with Crippen molar-refractivity contribution in [1.82, 2.24) is 0 Å².